The smallest absolute Gasteiger partial charge is 0.233 e. The number of hydroxylamine groups is 1. The summed E-state index contributed by atoms with van der Waals surface area (Å²) < 4.78 is 9.79. The molecular formula is C11H7N11O3. The van der Waals surface area contributed by atoms with E-state index in [9.17, 15) is 0 Å². The molecule has 1 atom stereocenters. The van der Waals surface area contributed by atoms with Gasteiger partial charge in [-0.3, -0.25) is 10.0 Å². The first-order chi connectivity index (χ1) is 12.4. The minimum absolute atomic E-state index is 0.207. The molecule has 1 aliphatic rings. The highest BCUT2D eigenvalue weighted by atomic mass is 16.8. The molecule has 25 heavy (non-hydrogen) atoms. The summed E-state index contributed by atoms with van der Waals surface area (Å²) in [4.78, 5) is 9.70. The number of nitrogens with zero attached hydrogens (tertiary/aromatic N) is 9. The molecule has 0 radical (unpaired) electrons. The lowest BCUT2D eigenvalue weighted by Gasteiger charge is -2.30. The summed E-state index contributed by atoms with van der Waals surface area (Å²) in [7, 11) is 0. The van der Waals surface area contributed by atoms with Crippen molar-refractivity contribution >= 4 is 11.5 Å². The molecule has 4 aromatic rings. The number of hydrogen-bond acceptors (Lipinski definition) is 12. The Morgan fingerprint density at radius 2 is 2.20 bits per heavy atom. The molecular weight excluding hydrogens is 334 g/mol. The molecule has 14 heteroatoms. The van der Waals surface area contributed by atoms with Crippen molar-refractivity contribution in [3.63, 3.8) is 0 Å². The van der Waals surface area contributed by atoms with Crippen molar-refractivity contribution in [1.29, 1.82) is 0 Å². The first kappa shape index (κ1) is 13.3. The normalized spacial score (nSPS) is 19.8. The van der Waals surface area contributed by atoms with Gasteiger partial charge in [0.1, 0.15) is 0 Å². The lowest BCUT2D eigenvalue weighted by molar-refractivity contribution is 0.110. The van der Waals surface area contributed by atoms with E-state index in [0.717, 1.165) is 0 Å². The van der Waals surface area contributed by atoms with Gasteiger partial charge < -0.3 is 9.05 Å². The molecule has 0 amide bonds. The molecule has 0 aromatic carbocycles. The van der Waals surface area contributed by atoms with Gasteiger partial charge in [-0.15, -0.1) is 15.3 Å². The zero-order chi connectivity index (χ0) is 16.7. The largest absolute Gasteiger partial charge is 0.345 e. The number of anilines is 1. The van der Waals surface area contributed by atoms with E-state index in [4.69, 9.17) is 14.0 Å². The van der Waals surface area contributed by atoms with Crippen molar-refractivity contribution in [1.82, 2.24) is 46.1 Å². The van der Waals surface area contributed by atoms with Crippen LogP contribution in [-0.4, -0.2) is 51.8 Å². The van der Waals surface area contributed by atoms with E-state index in [-0.39, 0.29) is 5.82 Å². The number of rotatable bonds is 4. The number of aromatic nitrogens is 9. The number of H-pyrrole nitrogens is 2. The third-order valence-electron chi connectivity index (χ3n) is 3.65. The molecule has 1 aliphatic heterocycles. The Morgan fingerprint density at radius 3 is 2.88 bits per heavy atom. The highest BCUT2D eigenvalue weighted by molar-refractivity contribution is 6.10. The van der Waals surface area contributed by atoms with Crippen LogP contribution in [0.15, 0.2) is 45.3 Å². The number of nitrogens with one attached hydrogen (secondary N) is 2. The van der Waals surface area contributed by atoms with Crippen molar-refractivity contribution < 1.29 is 14.0 Å². The van der Waals surface area contributed by atoms with Gasteiger partial charge in [0.15, 0.2) is 17.7 Å². The molecule has 0 aliphatic carbocycles. The van der Waals surface area contributed by atoms with Crippen LogP contribution in [0.4, 0.5) is 5.82 Å². The van der Waals surface area contributed by atoms with Crippen molar-refractivity contribution in [3.05, 3.63) is 48.3 Å². The zero-order valence-corrected chi connectivity index (χ0v) is 12.1. The van der Waals surface area contributed by atoms with E-state index in [1.165, 1.54) is 23.9 Å². The molecule has 14 nitrogen and oxygen atoms in total. The molecule has 5 heterocycles. The van der Waals surface area contributed by atoms with E-state index in [2.05, 4.69) is 51.3 Å². The fourth-order valence-electron chi connectivity index (χ4n) is 2.65. The van der Waals surface area contributed by atoms with Crippen LogP contribution >= 0.6 is 0 Å². The highest BCUT2D eigenvalue weighted by Crippen LogP contribution is 2.42. The maximum absolute atomic E-state index is 5.52. The molecule has 2 N–H and O–H groups in total. The molecule has 0 bridgehead atoms. The molecule has 0 saturated heterocycles. The summed E-state index contributed by atoms with van der Waals surface area (Å²) in [6.07, 6.45) is 5.52. The predicted octanol–water partition coefficient (Wildman–Crippen LogP) is -0.607. The molecule has 0 fully saturated rings. The fourth-order valence-corrected chi connectivity index (χ4v) is 2.65. The fraction of sp³-hybridized carbons (Fsp3) is 0.0909. The molecule has 4 aromatic heterocycles. The minimum Gasteiger partial charge on any atom is -0.345 e. The van der Waals surface area contributed by atoms with Crippen molar-refractivity contribution in [2.75, 3.05) is 5.06 Å². The summed E-state index contributed by atoms with van der Waals surface area (Å²) in [6.45, 7) is 0. The van der Waals surface area contributed by atoms with Crippen LogP contribution in [0.3, 0.4) is 0 Å². The molecule has 5 rings (SSSR count). The average Bonchev–Trinajstić information content (AvgIpc) is 3.48. The molecule has 0 spiro atoms. The monoisotopic (exact) mass is 341 g/mol. The maximum atomic E-state index is 5.52. The highest BCUT2D eigenvalue weighted by Gasteiger charge is 2.58. The summed E-state index contributed by atoms with van der Waals surface area (Å²) >= 11 is 0. The van der Waals surface area contributed by atoms with E-state index < -0.39 is 5.54 Å². The van der Waals surface area contributed by atoms with E-state index >= 15 is 0 Å². The van der Waals surface area contributed by atoms with Crippen LogP contribution < -0.4 is 5.06 Å². The van der Waals surface area contributed by atoms with Crippen LogP contribution in [0.25, 0.3) is 0 Å². The first-order valence-corrected chi connectivity index (χ1v) is 6.86. The van der Waals surface area contributed by atoms with Crippen LogP contribution in [0.1, 0.15) is 17.2 Å². The topological polar surface area (TPSA) is 173 Å². The Balaban J connectivity index is 1.81. The van der Waals surface area contributed by atoms with Gasteiger partial charge in [-0.25, -0.2) is 0 Å². The Labute approximate surface area is 136 Å². The van der Waals surface area contributed by atoms with Gasteiger partial charge in [-0.1, -0.05) is 10.3 Å². The number of aromatic amines is 2. The lowest BCUT2D eigenvalue weighted by atomic mass is 9.86. The van der Waals surface area contributed by atoms with Crippen molar-refractivity contribution in [2.24, 2.45) is 5.16 Å². The maximum Gasteiger partial charge on any atom is 0.233 e. The predicted molar refractivity (Wildman–Crippen MR) is 74.4 cm³/mol. The number of hydrogen-bond donors (Lipinski definition) is 2. The first-order valence-electron chi connectivity index (χ1n) is 6.86. The van der Waals surface area contributed by atoms with Crippen molar-refractivity contribution in [2.45, 2.75) is 5.54 Å². The van der Waals surface area contributed by atoms with Gasteiger partial charge in [0.2, 0.25) is 23.6 Å². The second-order valence-corrected chi connectivity index (χ2v) is 4.87. The van der Waals surface area contributed by atoms with Crippen LogP contribution in [-0.2, 0) is 10.5 Å². The zero-order valence-electron chi connectivity index (χ0n) is 12.1. The SMILES string of the molecule is c1cc(C2(c3ncon3)C(c3conn3)=NON2c2cn[nH]n2)[nH]n1. The summed E-state index contributed by atoms with van der Waals surface area (Å²) in [5.41, 5.74) is -0.206. The molecule has 1 unspecified atom stereocenters. The van der Waals surface area contributed by atoms with Crippen LogP contribution in [0, 0.1) is 0 Å². The number of oxime groups is 1. The Hall–Kier alpha value is -4.10. The molecule has 124 valence electrons. The average molecular weight is 341 g/mol. The summed E-state index contributed by atoms with van der Waals surface area (Å²) in [5, 5.41) is 34.1. The second kappa shape index (κ2) is 4.95. The lowest BCUT2D eigenvalue weighted by Crippen LogP contribution is -2.50. The van der Waals surface area contributed by atoms with Crippen LogP contribution in [0.2, 0.25) is 0 Å². The third kappa shape index (κ3) is 1.72. The molecule has 0 saturated carbocycles. The summed E-state index contributed by atoms with van der Waals surface area (Å²) in [6, 6.07) is 1.71. The Kier molecular flexibility index (Phi) is 2.64. The third-order valence-corrected chi connectivity index (χ3v) is 3.65. The van der Waals surface area contributed by atoms with Crippen molar-refractivity contribution in [3.8, 4) is 0 Å². The van der Waals surface area contributed by atoms with Crippen LogP contribution in [0.5, 0.6) is 0 Å². The Morgan fingerprint density at radius 1 is 1.20 bits per heavy atom. The quantitative estimate of drug-likeness (QED) is 0.484. The van der Waals surface area contributed by atoms with Gasteiger partial charge in [-0.05, 0) is 6.07 Å². The van der Waals surface area contributed by atoms with E-state index in [1.807, 2.05) is 0 Å². The van der Waals surface area contributed by atoms with E-state index in [0.29, 0.717) is 22.9 Å². The van der Waals surface area contributed by atoms with Gasteiger partial charge in [-0.2, -0.15) is 20.4 Å². The van der Waals surface area contributed by atoms with Gasteiger partial charge in [0.05, 0.1) is 11.9 Å². The van der Waals surface area contributed by atoms with E-state index in [1.54, 1.807) is 12.3 Å². The minimum atomic E-state index is -1.33. The van der Waals surface area contributed by atoms with Gasteiger partial charge in [0.25, 0.3) is 0 Å². The van der Waals surface area contributed by atoms with Gasteiger partial charge >= 0.3 is 0 Å². The Bertz CT molecular complexity index is 940. The second-order valence-electron chi connectivity index (χ2n) is 4.87. The standard InChI is InChI=1S/C11H7N11O3/c1-2-13-16-7(1)11(10-12-5-24-19-10)9(6-4-23-21-15-6)18-25-22(11)8-3-14-20-17-8/h1-5H,(H,13,16)(H,14,17,20). The summed E-state index contributed by atoms with van der Waals surface area (Å²) in [5.74, 6) is 0.522. The van der Waals surface area contributed by atoms with Gasteiger partial charge in [0, 0.05) is 11.5 Å².